The quantitative estimate of drug-likeness (QED) is 0.748. The first-order chi connectivity index (χ1) is 9.69. The lowest BCUT2D eigenvalue weighted by Crippen LogP contribution is -2.50. The summed E-state index contributed by atoms with van der Waals surface area (Å²) in [5, 5.41) is 14.9. The largest absolute Gasteiger partial charge is 0.481 e. The standard InChI is InChI=1S/C14H18Cl2N2O3/c1-14(2,18-13(21)17-6-5-12(19)20)8-9-3-4-10(15)7-11(9)16/h3-4,7H,5-6,8H2,1-2H3,(H,19,20)(H2,17,18,21). The lowest BCUT2D eigenvalue weighted by atomic mass is 9.95. The Kier molecular flexibility index (Phi) is 6.30. The minimum Gasteiger partial charge on any atom is -0.481 e. The number of carbonyl (C=O) groups excluding carboxylic acids is 1. The number of carboxylic acid groups (broad SMARTS) is 1. The van der Waals surface area contributed by atoms with Crippen LogP contribution in [0.1, 0.15) is 25.8 Å². The van der Waals surface area contributed by atoms with Crippen LogP contribution in [-0.4, -0.2) is 29.2 Å². The van der Waals surface area contributed by atoms with E-state index in [0.717, 1.165) is 5.56 Å². The Balaban J connectivity index is 2.56. The third-order valence-electron chi connectivity index (χ3n) is 2.72. The summed E-state index contributed by atoms with van der Waals surface area (Å²) in [5.41, 5.74) is 0.335. The third kappa shape index (κ3) is 6.69. The number of rotatable bonds is 6. The number of hydrogen-bond acceptors (Lipinski definition) is 2. The van der Waals surface area contributed by atoms with Crippen molar-refractivity contribution in [2.24, 2.45) is 0 Å². The number of hydrogen-bond donors (Lipinski definition) is 3. The number of carbonyl (C=O) groups is 2. The van der Waals surface area contributed by atoms with E-state index in [2.05, 4.69) is 10.6 Å². The Hall–Kier alpha value is -1.46. The number of urea groups is 1. The predicted octanol–water partition coefficient (Wildman–Crippen LogP) is 3.09. The first-order valence-corrected chi connectivity index (χ1v) is 7.17. The topological polar surface area (TPSA) is 78.4 Å². The van der Waals surface area contributed by atoms with Crippen LogP contribution in [0.3, 0.4) is 0 Å². The van der Waals surface area contributed by atoms with Crippen molar-refractivity contribution in [2.75, 3.05) is 6.54 Å². The minimum absolute atomic E-state index is 0.0823. The molecule has 0 fully saturated rings. The van der Waals surface area contributed by atoms with Crippen LogP contribution in [0, 0.1) is 0 Å². The zero-order chi connectivity index (χ0) is 16.0. The summed E-state index contributed by atoms with van der Waals surface area (Å²) >= 11 is 12.0. The summed E-state index contributed by atoms with van der Waals surface area (Å²) in [6, 6.07) is 4.80. The molecule has 2 amide bonds. The van der Waals surface area contributed by atoms with Crippen molar-refractivity contribution in [1.29, 1.82) is 0 Å². The van der Waals surface area contributed by atoms with E-state index < -0.39 is 17.5 Å². The smallest absolute Gasteiger partial charge is 0.315 e. The Labute approximate surface area is 133 Å². The van der Waals surface area contributed by atoms with E-state index in [1.54, 1.807) is 12.1 Å². The fourth-order valence-corrected chi connectivity index (χ4v) is 2.30. The number of carboxylic acids is 1. The van der Waals surface area contributed by atoms with E-state index in [0.29, 0.717) is 16.5 Å². The van der Waals surface area contributed by atoms with Crippen LogP contribution < -0.4 is 10.6 Å². The van der Waals surface area contributed by atoms with Crippen LogP contribution in [0.2, 0.25) is 10.0 Å². The third-order valence-corrected chi connectivity index (χ3v) is 3.31. The first kappa shape index (κ1) is 17.6. The summed E-state index contributed by atoms with van der Waals surface area (Å²) in [4.78, 5) is 22.1. The van der Waals surface area contributed by atoms with E-state index >= 15 is 0 Å². The van der Waals surface area contributed by atoms with Gasteiger partial charge in [-0.05, 0) is 38.0 Å². The molecule has 0 saturated carbocycles. The van der Waals surface area contributed by atoms with Crippen LogP contribution >= 0.6 is 23.2 Å². The number of nitrogens with one attached hydrogen (secondary N) is 2. The maximum Gasteiger partial charge on any atom is 0.315 e. The molecule has 0 heterocycles. The highest BCUT2D eigenvalue weighted by atomic mass is 35.5. The molecule has 116 valence electrons. The normalized spacial score (nSPS) is 11.0. The van der Waals surface area contributed by atoms with Crippen LogP contribution in [0.4, 0.5) is 4.79 Å². The fraction of sp³-hybridized carbons (Fsp3) is 0.429. The Morgan fingerprint density at radius 2 is 1.95 bits per heavy atom. The summed E-state index contributed by atoms with van der Waals surface area (Å²) in [6.45, 7) is 3.79. The second kappa shape index (κ2) is 7.52. The van der Waals surface area contributed by atoms with E-state index in [1.165, 1.54) is 0 Å². The number of aliphatic carboxylic acids is 1. The lowest BCUT2D eigenvalue weighted by Gasteiger charge is -2.27. The van der Waals surface area contributed by atoms with Gasteiger partial charge < -0.3 is 15.7 Å². The van der Waals surface area contributed by atoms with Crippen molar-refractivity contribution in [2.45, 2.75) is 32.2 Å². The van der Waals surface area contributed by atoms with Gasteiger partial charge in [-0.3, -0.25) is 4.79 Å². The van der Waals surface area contributed by atoms with Crippen molar-refractivity contribution in [3.05, 3.63) is 33.8 Å². The molecule has 0 aliphatic heterocycles. The lowest BCUT2D eigenvalue weighted by molar-refractivity contribution is -0.136. The van der Waals surface area contributed by atoms with Crippen LogP contribution in [0.5, 0.6) is 0 Å². The zero-order valence-electron chi connectivity index (χ0n) is 11.9. The van der Waals surface area contributed by atoms with Gasteiger partial charge in [-0.1, -0.05) is 29.3 Å². The average Bonchev–Trinajstić information content (AvgIpc) is 2.31. The van der Waals surface area contributed by atoms with Gasteiger partial charge >= 0.3 is 12.0 Å². The highest BCUT2D eigenvalue weighted by molar-refractivity contribution is 6.35. The molecule has 1 aromatic carbocycles. The van der Waals surface area contributed by atoms with Gasteiger partial charge in [0.2, 0.25) is 0 Å². The van der Waals surface area contributed by atoms with Crippen molar-refractivity contribution in [3.63, 3.8) is 0 Å². The Morgan fingerprint density at radius 1 is 1.29 bits per heavy atom. The van der Waals surface area contributed by atoms with E-state index in [4.69, 9.17) is 28.3 Å². The second-order valence-corrected chi connectivity index (χ2v) is 6.16. The van der Waals surface area contributed by atoms with E-state index in [9.17, 15) is 9.59 Å². The van der Waals surface area contributed by atoms with Crippen molar-refractivity contribution in [1.82, 2.24) is 10.6 Å². The van der Waals surface area contributed by atoms with Crippen molar-refractivity contribution < 1.29 is 14.7 Å². The van der Waals surface area contributed by atoms with Gasteiger partial charge in [0, 0.05) is 22.1 Å². The maximum atomic E-state index is 11.7. The van der Waals surface area contributed by atoms with Gasteiger partial charge in [0.25, 0.3) is 0 Å². The average molecular weight is 333 g/mol. The molecule has 5 nitrogen and oxygen atoms in total. The Morgan fingerprint density at radius 3 is 2.52 bits per heavy atom. The first-order valence-electron chi connectivity index (χ1n) is 6.41. The van der Waals surface area contributed by atoms with Gasteiger partial charge in [-0.2, -0.15) is 0 Å². The summed E-state index contributed by atoms with van der Waals surface area (Å²) in [7, 11) is 0. The van der Waals surface area contributed by atoms with Gasteiger partial charge in [0.1, 0.15) is 0 Å². The van der Waals surface area contributed by atoms with Crippen molar-refractivity contribution in [3.8, 4) is 0 Å². The highest BCUT2D eigenvalue weighted by Gasteiger charge is 2.22. The van der Waals surface area contributed by atoms with E-state index in [1.807, 2.05) is 19.9 Å². The molecular formula is C14H18Cl2N2O3. The molecule has 0 atom stereocenters. The van der Waals surface area contributed by atoms with Crippen LogP contribution in [-0.2, 0) is 11.2 Å². The maximum absolute atomic E-state index is 11.7. The van der Waals surface area contributed by atoms with Gasteiger partial charge in [0.15, 0.2) is 0 Å². The molecule has 0 aliphatic carbocycles. The molecule has 0 spiro atoms. The molecule has 0 saturated heterocycles. The predicted molar refractivity (Wildman–Crippen MR) is 83.0 cm³/mol. The van der Waals surface area contributed by atoms with Crippen LogP contribution in [0.15, 0.2) is 18.2 Å². The molecule has 0 aliphatic rings. The molecule has 7 heteroatoms. The molecule has 3 N–H and O–H groups in total. The minimum atomic E-state index is -0.956. The zero-order valence-corrected chi connectivity index (χ0v) is 13.4. The second-order valence-electron chi connectivity index (χ2n) is 5.32. The number of benzene rings is 1. The molecule has 1 aromatic rings. The Bertz CT molecular complexity index is 533. The molecule has 21 heavy (non-hydrogen) atoms. The monoisotopic (exact) mass is 332 g/mol. The molecule has 0 aromatic heterocycles. The van der Waals surface area contributed by atoms with Gasteiger partial charge in [-0.15, -0.1) is 0 Å². The van der Waals surface area contributed by atoms with Gasteiger partial charge in [0.05, 0.1) is 6.42 Å². The number of halogens is 2. The molecule has 0 bridgehead atoms. The van der Waals surface area contributed by atoms with Crippen LogP contribution in [0.25, 0.3) is 0 Å². The fourth-order valence-electron chi connectivity index (χ4n) is 1.82. The molecule has 0 radical (unpaired) electrons. The summed E-state index contributed by atoms with van der Waals surface area (Å²) in [5.74, 6) is -0.956. The summed E-state index contributed by atoms with van der Waals surface area (Å²) < 4.78 is 0. The highest BCUT2D eigenvalue weighted by Crippen LogP contribution is 2.24. The molecule has 0 unspecified atom stereocenters. The molecule has 1 rings (SSSR count). The number of amides is 2. The molecular weight excluding hydrogens is 315 g/mol. The van der Waals surface area contributed by atoms with Crippen molar-refractivity contribution >= 4 is 35.2 Å². The van der Waals surface area contributed by atoms with E-state index in [-0.39, 0.29) is 13.0 Å². The summed E-state index contributed by atoms with van der Waals surface area (Å²) in [6.07, 6.45) is 0.409. The van der Waals surface area contributed by atoms with Gasteiger partial charge in [-0.25, -0.2) is 4.79 Å². The SMILES string of the molecule is CC(C)(Cc1ccc(Cl)cc1Cl)NC(=O)NCCC(=O)O.